The number of rotatable bonds is 5. The van der Waals surface area contributed by atoms with Crippen LogP contribution in [-0.2, 0) is 14.8 Å². The summed E-state index contributed by atoms with van der Waals surface area (Å²) >= 11 is 0. The Morgan fingerprint density at radius 2 is 1.95 bits per heavy atom. The molecule has 0 amide bonds. The zero-order chi connectivity index (χ0) is 15.5. The van der Waals surface area contributed by atoms with Crippen LogP contribution in [-0.4, -0.2) is 39.1 Å². The van der Waals surface area contributed by atoms with Crippen LogP contribution in [0.4, 0.5) is 5.69 Å². The molecule has 1 aromatic carbocycles. The van der Waals surface area contributed by atoms with Crippen molar-refractivity contribution in [2.75, 3.05) is 24.5 Å². The molecule has 0 bridgehead atoms. The van der Waals surface area contributed by atoms with Crippen molar-refractivity contribution in [3.8, 4) is 0 Å². The van der Waals surface area contributed by atoms with Crippen molar-refractivity contribution in [1.82, 2.24) is 4.72 Å². The Bertz CT molecular complexity index is 607. The summed E-state index contributed by atoms with van der Waals surface area (Å²) in [5.74, 6) is -1.11. The Balaban J connectivity index is 2.24. The number of carbonyl (C=O) groups is 1. The number of aliphatic carboxylic acids is 1. The summed E-state index contributed by atoms with van der Waals surface area (Å²) in [6, 6.07) is 6.84. The van der Waals surface area contributed by atoms with Crippen molar-refractivity contribution < 1.29 is 18.3 Å². The molecule has 1 saturated heterocycles. The number of nitrogens with one attached hydrogen (secondary N) is 1. The minimum Gasteiger partial charge on any atom is -0.481 e. The van der Waals surface area contributed by atoms with Crippen LogP contribution in [0.1, 0.15) is 19.8 Å². The molecule has 0 atom stereocenters. The van der Waals surface area contributed by atoms with E-state index in [0.29, 0.717) is 38.2 Å². The molecule has 0 spiro atoms. The van der Waals surface area contributed by atoms with E-state index < -0.39 is 16.0 Å². The van der Waals surface area contributed by atoms with Crippen LogP contribution in [0.5, 0.6) is 0 Å². The highest BCUT2D eigenvalue weighted by Gasteiger charge is 2.27. The van der Waals surface area contributed by atoms with E-state index >= 15 is 0 Å². The third kappa shape index (κ3) is 3.54. The van der Waals surface area contributed by atoms with Crippen molar-refractivity contribution in [2.45, 2.75) is 24.7 Å². The van der Waals surface area contributed by atoms with E-state index in [-0.39, 0.29) is 10.8 Å². The van der Waals surface area contributed by atoms with Gasteiger partial charge < -0.3 is 10.0 Å². The quantitative estimate of drug-likeness (QED) is 0.855. The largest absolute Gasteiger partial charge is 0.481 e. The summed E-state index contributed by atoms with van der Waals surface area (Å²) in [7, 11) is -3.53. The van der Waals surface area contributed by atoms with Gasteiger partial charge in [-0.25, -0.2) is 13.1 Å². The van der Waals surface area contributed by atoms with Gasteiger partial charge in [-0.05, 0) is 25.0 Å². The van der Waals surface area contributed by atoms with Crippen LogP contribution in [0, 0.1) is 5.92 Å². The summed E-state index contributed by atoms with van der Waals surface area (Å²) < 4.78 is 27.0. The first-order chi connectivity index (χ1) is 9.95. The van der Waals surface area contributed by atoms with Crippen molar-refractivity contribution in [3.63, 3.8) is 0 Å². The van der Waals surface area contributed by atoms with E-state index in [1.54, 1.807) is 31.2 Å². The molecular weight excluding hydrogens is 292 g/mol. The fourth-order valence-electron chi connectivity index (χ4n) is 2.58. The average molecular weight is 312 g/mol. The molecule has 7 heteroatoms. The normalized spacial score (nSPS) is 16.9. The molecule has 6 nitrogen and oxygen atoms in total. The molecule has 1 fully saturated rings. The molecule has 1 aromatic rings. The third-order valence-corrected chi connectivity index (χ3v) is 5.27. The number of piperidine rings is 1. The van der Waals surface area contributed by atoms with Crippen LogP contribution in [0.15, 0.2) is 29.2 Å². The van der Waals surface area contributed by atoms with E-state index in [1.807, 2.05) is 4.90 Å². The molecule has 0 aromatic heterocycles. The van der Waals surface area contributed by atoms with Crippen molar-refractivity contribution >= 4 is 21.7 Å². The van der Waals surface area contributed by atoms with Gasteiger partial charge >= 0.3 is 5.97 Å². The number of carboxylic acids is 1. The second-order valence-corrected chi connectivity index (χ2v) is 6.80. The maximum atomic E-state index is 12.2. The smallest absolute Gasteiger partial charge is 0.306 e. The first-order valence-corrected chi connectivity index (χ1v) is 8.50. The highest BCUT2D eigenvalue weighted by atomic mass is 32.2. The first-order valence-electron chi connectivity index (χ1n) is 7.02. The highest BCUT2D eigenvalue weighted by Crippen LogP contribution is 2.29. The van der Waals surface area contributed by atoms with Gasteiger partial charge in [-0.3, -0.25) is 4.79 Å². The van der Waals surface area contributed by atoms with Crippen molar-refractivity contribution in [1.29, 1.82) is 0 Å². The number of hydrogen-bond acceptors (Lipinski definition) is 4. The first kappa shape index (κ1) is 15.8. The second kappa shape index (κ2) is 6.44. The molecule has 0 aliphatic carbocycles. The highest BCUT2D eigenvalue weighted by molar-refractivity contribution is 7.89. The van der Waals surface area contributed by atoms with Crippen LogP contribution in [0.3, 0.4) is 0 Å². The standard InChI is InChI=1S/C14H20N2O4S/c1-2-15-21(19,20)13-6-4-3-5-12(13)16-9-7-11(8-10-16)14(17)18/h3-6,11,15H,2,7-10H2,1H3,(H,17,18). The number of carboxylic acid groups (broad SMARTS) is 1. The van der Waals surface area contributed by atoms with Gasteiger partial charge in [0.2, 0.25) is 10.0 Å². The average Bonchev–Trinajstić information content (AvgIpc) is 2.47. The van der Waals surface area contributed by atoms with Crippen molar-refractivity contribution in [3.05, 3.63) is 24.3 Å². The van der Waals surface area contributed by atoms with E-state index in [4.69, 9.17) is 5.11 Å². The maximum Gasteiger partial charge on any atom is 0.306 e. The summed E-state index contributed by atoms with van der Waals surface area (Å²) in [5.41, 5.74) is 0.641. The van der Waals surface area contributed by atoms with E-state index in [2.05, 4.69) is 4.72 Å². The molecular formula is C14H20N2O4S. The zero-order valence-electron chi connectivity index (χ0n) is 11.9. The topological polar surface area (TPSA) is 86.7 Å². The molecule has 1 aliphatic heterocycles. The van der Waals surface area contributed by atoms with Crippen LogP contribution in [0.25, 0.3) is 0 Å². The fourth-order valence-corrected chi connectivity index (χ4v) is 3.85. The van der Waals surface area contributed by atoms with Crippen LogP contribution >= 0.6 is 0 Å². The van der Waals surface area contributed by atoms with Gasteiger partial charge in [0, 0.05) is 19.6 Å². The molecule has 1 heterocycles. The second-order valence-electron chi connectivity index (χ2n) is 5.07. The molecule has 21 heavy (non-hydrogen) atoms. The SMILES string of the molecule is CCNS(=O)(=O)c1ccccc1N1CCC(C(=O)O)CC1. The molecule has 0 radical (unpaired) electrons. The van der Waals surface area contributed by atoms with Gasteiger partial charge in [-0.15, -0.1) is 0 Å². The third-order valence-electron chi connectivity index (χ3n) is 3.67. The molecule has 0 unspecified atom stereocenters. The summed E-state index contributed by atoms with van der Waals surface area (Å²) in [5, 5.41) is 9.02. The zero-order valence-corrected chi connectivity index (χ0v) is 12.8. The fraction of sp³-hybridized carbons (Fsp3) is 0.500. The lowest BCUT2D eigenvalue weighted by atomic mass is 9.97. The number of nitrogens with zero attached hydrogens (tertiary/aromatic N) is 1. The maximum absolute atomic E-state index is 12.2. The van der Waals surface area contributed by atoms with E-state index in [0.717, 1.165) is 0 Å². The summed E-state index contributed by atoms with van der Waals surface area (Å²) in [6.45, 7) is 3.17. The number of hydrogen-bond donors (Lipinski definition) is 2. The Hall–Kier alpha value is -1.60. The van der Waals surface area contributed by atoms with Gasteiger partial charge in [0.1, 0.15) is 4.90 Å². The summed E-state index contributed by atoms with van der Waals surface area (Å²) in [4.78, 5) is 13.2. The van der Waals surface area contributed by atoms with E-state index in [1.165, 1.54) is 0 Å². The minimum atomic E-state index is -3.53. The Kier molecular flexibility index (Phi) is 4.84. The Labute approximate surface area is 124 Å². The monoisotopic (exact) mass is 312 g/mol. The lowest BCUT2D eigenvalue weighted by Gasteiger charge is -2.33. The van der Waals surface area contributed by atoms with Gasteiger partial charge in [-0.1, -0.05) is 19.1 Å². The Morgan fingerprint density at radius 1 is 1.33 bits per heavy atom. The van der Waals surface area contributed by atoms with Gasteiger partial charge in [0.25, 0.3) is 0 Å². The molecule has 0 saturated carbocycles. The molecule has 116 valence electrons. The number of anilines is 1. The van der Waals surface area contributed by atoms with Gasteiger partial charge in [0.05, 0.1) is 11.6 Å². The van der Waals surface area contributed by atoms with Crippen LogP contribution in [0.2, 0.25) is 0 Å². The van der Waals surface area contributed by atoms with E-state index in [9.17, 15) is 13.2 Å². The predicted octanol–water partition coefficient (Wildman–Crippen LogP) is 1.29. The lowest BCUT2D eigenvalue weighted by Crippen LogP contribution is -2.37. The van der Waals surface area contributed by atoms with Crippen molar-refractivity contribution in [2.24, 2.45) is 5.92 Å². The number of para-hydroxylation sites is 1. The molecule has 2 rings (SSSR count). The lowest BCUT2D eigenvalue weighted by molar-refractivity contribution is -0.142. The van der Waals surface area contributed by atoms with Crippen LogP contribution < -0.4 is 9.62 Å². The number of sulfonamides is 1. The van der Waals surface area contributed by atoms with Gasteiger partial charge in [0.15, 0.2) is 0 Å². The summed E-state index contributed by atoms with van der Waals surface area (Å²) in [6.07, 6.45) is 1.07. The Morgan fingerprint density at radius 3 is 2.52 bits per heavy atom. The predicted molar refractivity (Wildman–Crippen MR) is 79.9 cm³/mol. The van der Waals surface area contributed by atoms with Gasteiger partial charge in [-0.2, -0.15) is 0 Å². The minimum absolute atomic E-state index is 0.251. The molecule has 2 N–H and O–H groups in total. The molecule has 1 aliphatic rings. The number of benzene rings is 1.